The molecule has 4 aliphatic carbocycles. The summed E-state index contributed by atoms with van der Waals surface area (Å²) < 4.78 is 12.8. The first-order valence-corrected chi connectivity index (χ1v) is 15.3. The molecule has 1 aromatic carbocycles. The molecule has 202 valence electrons. The average molecular weight is 505 g/mol. The highest BCUT2D eigenvalue weighted by atomic mass is 16.6. The summed E-state index contributed by atoms with van der Waals surface area (Å²) in [5.41, 5.74) is 2.97. The Labute approximate surface area is 224 Å². The summed E-state index contributed by atoms with van der Waals surface area (Å²) in [6, 6.07) is 9.47. The van der Waals surface area contributed by atoms with Gasteiger partial charge < -0.3 is 9.47 Å². The topological polar surface area (TPSA) is 38.8 Å². The fourth-order valence-corrected chi connectivity index (χ4v) is 9.75. The van der Waals surface area contributed by atoms with Crippen LogP contribution in [0.3, 0.4) is 0 Å². The number of rotatable bonds is 7. The molecule has 1 aromatic rings. The average Bonchev–Trinajstić information content (AvgIpc) is 3.54. The second-order valence-electron chi connectivity index (χ2n) is 14.3. The Balaban J connectivity index is 1.17. The van der Waals surface area contributed by atoms with Crippen molar-refractivity contribution in [3.05, 3.63) is 47.5 Å². The number of carbonyl (C=O) groups is 1. The highest BCUT2D eigenvalue weighted by molar-refractivity contribution is 5.89. The van der Waals surface area contributed by atoms with Crippen molar-refractivity contribution in [2.75, 3.05) is 0 Å². The summed E-state index contributed by atoms with van der Waals surface area (Å²) in [6.45, 7) is 12.4. The van der Waals surface area contributed by atoms with Gasteiger partial charge in [-0.2, -0.15) is 0 Å². The molecule has 0 amide bonds. The highest BCUT2D eigenvalue weighted by Crippen LogP contribution is 2.76. The number of esters is 1. The summed E-state index contributed by atoms with van der Waals surface area (Å²) in [5, 5.41) is 0. The first-order valence-electron chi connectivity index (χ1n) is 15.3. The minimum atomic E-state index is -0.165. The lowest BCUT2D eigenvalue weighted by molar-refractivity contribution is -0.0665. The van der Waals surface area contributed by atoms with Crippen molar-refractivity contribution in [2.45, 2.75) is 117 Å². The zero-order chi connectivity index (χ0) is 26.0. The fourth-order valence-electron chi connectivity index (χ4n) is 9.75. The van der Waals surface area contributed by atoms with Gasteiger partial charge in [0.25, 0.3) is 0 Å². The Morgan fingerprint density at radius 2 is 1.84 bits per heavy atom. The SMILES string of the molecule is CC(C)CCC[C@@H](C)[C@H]1CC2OC23C2=CCC4CC(OC(=O)c5ccccc5)CC[C@]4(C)[C@H]2CC[C@]13C. The van der Waals surface area contributed by atoms with E-state index in [9.17, 15) is 4.79 Å². The van der Waals surface area contributed by atoms with Crippen molar-refractivity contribution >= 4 is 5.97 Å². The summed E-state index contributed by atoms with van der Waals surface area (Å²) in [6.07, 6.45) is 15.3. The van der Waals surface area contributed by atoms with Crippen molar-refractivity contribution in [3.8, 4) is 0 Å². The molecule has 5 aliphatic rings. The van der Waals surface area contributed by atoms with Gasteiger partial charge in [0.15, 0.2) is 0 Å². The molecule has 0 aromatic heterocycles. The first-order chi connectivity index (χ1) is 17.7. The molecule has 9 atom stereocenters. The summed E-state index contributed by atoms with van der Waals surface area (Å²) in [5.74, 6) is 3.44. The van der Waals surface area contributed by atoms with Gasteiger partial charge in [-0.1, -0.05) is 78.2 Å². The van der Waals surface area contributed by atoms with Gasteiger partial charge in [0, 0.05) is 5.41 Å². The fraction of sp³-hybridized carbons (Fsp3) is 0.735. The third-order valence-electron chi connectivity index (χ3n) is 11.9. The molecule has 4 fully saturated rings. The molecular formula is C34H48O3. The Morgan fingerprint density at radius 1 is 1.05 bits per heavy atom. The number of hydrogen-bond donors (Lipinski definition) is 0. The van der Waals surface area contributed by atoms with Crippen LogP contribution in [-0.2, 0) is 9.47 Å². The molecule has 4 unspecified atom stereocenters. The van der Waals surface area contributed by atoms with Crippen LogP contribution >= 0.6 is 0 Å². The van der Waals surface area contributed by atoms with Crippen molar-refractivity contribution in [2.24, 2.45) is 40.4 Å². The molecule has 0 N–H and O–H groups in total. The Bertz CT molecular complexity index is 1040. The number of hydrogen-bond acceptors (Lipinski definition) is 3. The van der Waals surface area contributed by atoms with Crippen LogP contribution < -0.4 is 0 Å². The molecule has 3 nitrogen and oxygen atoms in total. The van der Waals surface area contributed by atoms with Gasteiger partial charge in [0.05, 0.1) is 11.7 Å². The molecule has 1 aliphatic heterocycles. The Kier molecular flexibility index (Phi) is 6.41. The third kappa shape index (κ3) is 3.97. The minimum absolute atomic E-state index is 0.0253. The molecule has 1 spiro atoms. The van der Waals surface area contributed by atoms with Gasteiger partial charge in [-0.25, -0.2) is 4.79 Å². The van der Waals surface area contributed by atoms with E-state index in [0.717, 1.165) is 43.4 Å². The monoisotopic (exact) mass is 504 g/mol. The maximum absolute atomic E-state index is 12.7. The van der Waals surface area contributed by atoms with E-state index in [2.05, 4.69) is 40.7 Å². The number of carbonyl (C=O) groups excluding carboxylic acids is 1. The smallest absolute Gasteiger partial charge is 0.338 e. The van der Waals surface area contributed by atoms with Crippen LogP contribution in [0.2, 0.25) is 0 Å². The molecule has 3 heteroatoms. The predicted molar refractivity (Wildman–Crippen MR) is 148 cm³/mol. The van der Waals surface area contributed by atoms with Crippen LogP contribution in [-0.4, -0.2) is 23.8 Å². The third-order valence-corrected chi connectivity index (χ3v) is 11.9. The van der Waals surface area contributed by atoms with Crippen molar-refractivity contribution in [1.29, 1.82) is 0 Å². The van der Waals surface area contributed by atoms with Crippen molar-refractivity contribution in [1.82, 2.24) is 0 Å². The first kappa shape index (κ1) is 25.7. The molecule has 1 saturated heterocycles. The molecule has 3 saturated carbocycles. The van der Waals surface area contributed by atoms with E-state index in [4.69, 9.17) is 9.47 Å². The van der Waals surface area contributed by atoms with Gasteiger partial charge in [0.2, 0.25) is 0 Å². The van der Waals surface area contributed by atoms with Crippen LogP contribution in [0, 0.1) is 40.4 Å². The number of ether oxygens (including phenoxy) is 2. The van der Waals surface area contributed by atoms with Crippen molar-refractivity contribution in [3.63, 3.8) is 0 Å². The number of fused-ring (bicyclic) bond motifs is 3. The summed E-state index contributed by atoms with van der Waals surface area (Å²) in [4.78, 5) is 12.7. The zero-order valence-electron chi connectivity index (χ0n) is 23.8. The molecule has 1 heterocycles. The van der Waals surface area contributed by atoms with Gasteiger partial charge in [0.1, 0.15) is 11.7 Å². The lowest BCUT2D eigenvalue weighted by Gasteiger charge is -2.58. The molecule has 0 bridgehead atoms. The molecular weight excluding hydrogens is 456 g/mol. The van der Waals surface area contributed by atoms with E-state index in [1.54, 1.807) is 5.57 Å². The molecule has 6 rings (SSSR count). The van der Waals surface area contributed by atoms with Crippen LogP contribution in [0.1, 0.15) is 109 Å². The van der Waals surface area contributed by atoms with Gasteiger partial charge >= 0.3 is 5.97 Å². The molecule has 37 heavy (non-hydrogen) atoms. The van der Waals surface area contributed by atoms with Gasteiger partial charge in [-0.15, -0.1) is 0 Å². The van der Waals surface area contributed by atoms with Crippen molar-refractivity contribution < 1.29 is 14.3 Å². The standard InChI is InChI=1S/C34H48O3/c1-22(2)10-9-11-23(3)29-21-30-34(37-30)28-15-14-25-20-26(36-31(35)24-12-7-6-8-13-24)16-18-32(25,4)27(28)17-19-33(29,34)5/h6-8,12-13,15,22-23,25-27,29-30H,9-11,14,16-21H2,1-5H3/t23-,25?,26?,27+,29-,30?,32+,33-,34?/m1/s1. The number of allylic oxidation sites excluding steroid dienone is 1. The van der Waals surface area contributed by atoms with Crippen LogP contribution in [0.4, 0.5) is 0 Å². The van der Waals surface area contributed by atoms with E-state index in [-0.39, 0.29) is 17.7 Å². The summed E-state index contributed by atoms with van der Waals surface area (Å²) in [7, 11) is 0. The largest absolute Gasteiger partial charge is 0.459 e. The second kappa shape index (κ2) is 9.25. The van der Waals surface area contributed by atoms with E-state index in [0.29, 0.717) is 34.3 Å². The Hall–Kier alpha value is -1.61. The van der Waals surface area contributed by atoms with Gasteiger partial charge in [-0.3, -0.25) is 0 Å². The van der Waals surface area contributed by atoms with Crippen LogP contribution in [0.15, 0.2) is 42.0 Å². The maximum Gasteiger partial charge on any atom is 0.338 e. The maximum atomic E-state index is 12.7. The number of benzene rings is 1. The number of epoxide rings is 1. The normalized spacial score (nSPS) is 42.6. The predicted octanol–water partition coefficient (Wildman–Crippen LogP) is 8.38. The van der Waals surface area contributed by atoms with Crippen LogP contribution in [0.25, 0.3) is 0 Å². The molecule has 0 radical (unpaired) electrons. The van der Waals surface area contributed by atoms with Crippen LogP contribution in [0.5, 0.6) is 0 Å². The second-order valence-corrected chi connectivity index (χ2v) is 14.3. The summed E-state index contributed by atoms with van der Waals surface area (Å²) >= 11 is 0. The quantitative estimate of drug-likeness (QED) is 0.213. The van der Waals surface area contributed by atoms with E-state index in [1.807, 2.05) is 30.3 Å². The van der Waals surface area contributed by atoms with E-state index >= 15 is 0 Å². The Morgan fingerprint density at radius 3 is 2.59 bits per heavy atom. The van der Waals surface area contributed by atoms with E-state index in [1.165, 1.54) is 38.5 Å². The lowest BCUT2D eigenvalue weighted by Crippen LogP contribution is -2.54. The lowest BCUT2D eigenvalue weighted by atomic mass is 9.47. The van der Waals surface area contributed by atoms with Gasteiger partial charge in [-0.05, 0) is 97.7 Å². The zero-order valence-corrected chi connectivity index (χ0v) is 23.8. The highest BCUT2D eigenvalue weighted by Gasteiger charge is 2.79. The van der Waals surface area contributed by atoms with E-state index < -0.39 is 0 Å². The minimum Gasteiger partial charge on any atom is -0.459 e.